The number of rotatable bonds is 4. The fraction of sp³-hybridized carbons (Fsp3) is 0.462. The number of hydrogen-bond donors (Lipinski definition) is 2. The number of carboxylic acid groups (broad SMARTS) is 1. The molecule has 5 nitrogen and oxygen atoms in total. The lowest BCUT2D eigenvalue weighted by molar-refractivity contribution is -0.137. The summed E-state index contributed by atoms with van der Waals surface area (Å²) in [5.74, 6) is -0.360. The molecule has 0 fully saturated rings. The Morgan fingerprint density at radius 3 is 3.11 bits per heavy atom. The molecular formula is C13H15N3O2. The Bertz CT molecular complexity index is 520. The molecule has 1 aromatic rings. The monoisotopic (exact) mass is 245 g/mol. The molecule has 1 atom stereocenters. The van der Waals surface area contributed by atoms with Crippen LogP contribution in [0, 0.1) is 11.3 Å². The van der Waals surface area contributed by atoms with Crippen molar-refractivity contribution in [3.8, 4) is 6.07 Å². The molecule has 0 saturated carbocycles. The van der Waals surface area contributed by atoms with Crippen molar-refractivity contribution in [2.24, 2.45) is 0 Å². The third-order valence-electron chi connectivity index (χ3n) is 3.04. The highest BCUT2D eigenvalue weighted by molar-refractivity contribution is 5.68. The topological polar surface area (TPSA) is 86.0 Å². The number of nitrogens with zero attached hydrogens (tertiary/aromatic N) is 2. The highest BCUT2D eigenvalue weighted by Crippen LogP contribution is 2.25. The number of carboxylic acids is 1. The maximum Gasteiger partial charge on any atom is 0.305 e. The van der Waals surface area contributed by atoms with Crippen LogP contribution in [0.3, 0.4) is 0 Å². The average Bonchev–Trinajstić information content (AvgIpc) is 2.73. The number of aryl methyl sites for hydroxylation is 2. The van der Waals surface area contributed by atoms with Crippen molar-refractivity contribution in [3.63, 3.8) is 0 Å². The first-order chi connectivity index (χ1) is 8.60. The molecule has 1 heterocycles. The Kier molecular flexibility index (Phi) is 3.47. The number of anilines is 1. The molecule has 94 valence electrons. The summed E-state index contributed by atoms with van der Waals surface area (Å²) < 4.78 is 0. The zero-order valence-electron chi connectivity index (χ0n) is 10.2. The van der Waals surface area contributed by atoms with Crippen LogP contribution in [0.25, 0.3) is 0 Å². The quantitative estimate of drug-likeness (QED) is 0.843. The molecule has 0 aliphatic heterocycles. The first-order valence-electron chi connectivity index (χ1n) is 6.01. The Morgan fingerprint density at radius 2 is 2.44 bits per heavy atom. The van der Waals surface area contributed by atoms with Gasteiger partial charge in [-0.05, 0) is 37.8 Å². The van der Waals surface area contributed by atoms with Crippen molar-refractivity contribution in [2.75, 3.05) is 5.32 Å². The van der Waals surface area contributed by atoms with Crippen LogP contribution in [0.15, 0.2) is 6.07 Å². The summed E-state index contributed by atoms with van der Waals surface area (Å²) in [5.41, 5.74) is 2.66. The van der Waals surface area contributed by atoms with E-state index in [1.54, 1.807) is 6.92 Å². The van der Waals surface area contributed by atoms with E-state index in [1.807, 2.05) is 6.07 Å². The van der Waals surface area contributed by atoms with Crippen molar-refractivity contribution >= 4 is 11.8 Å². The van der Waals surface area contributed by atoms with E-state index in [1.165, 1.54) is 0 Å². The van der Waals surface area contributed by atoms with Gasteiger partial charge in [-0.2, -0.15) is 5.26 Å². The molecular weight excluding hydrogens is 230 g/mol. The number of carbonyl (C=O) groups is 1. The first kappa shape index (κ1) is 12.4. The van der Waals surface area contributed by atoms with Crippen molar-refractivity contribution in [3.05, 3.63) is 22.9 Å². The van der Waals surface area contributed by atoms with Crippen LogP contribution >= 0.6 is 0 Å². The van der Waals surface area contributed by atoms with Gasteiger partial charge in [0.25, 0.3) is 0 Å². The summed E-state index contributed by atoms with van der Waals surface area (Å²) in [6, 6.07) is 3.73. The van der Waals surface area contributed by atoms with Crippen molar-refractivity contribution in [2.45, 2.75) is 38.6 Å². The van der Waals surface area contributed by atoms with Crippen LogP contribution in [0.5, 0.6) is 0 Å². The van der Waals surface area contributed by atoms with Gasteiger partial charge in [0.1, 0.15) is 11.9 Å². The van der Waals surface area contributed by atoms with E-state index in [9.17, 15) is 4.79 Å². The number of hydrogen-bond acceptors (Lipinski definition) is 4. The summed E-state index contributed by atoms with van der Waals surface area (Å²) in [4.78, 5) is 15.1. The minimum atomic E-state index is -0.866. The predicted molar refractivity (Wildman–Crippen MR) is 66.3 cm³/mol. The Labute approximate surface area is 105 Å². The normalized spacial score (nSPS) is 14.7. The molecule has 18 heavy (non-hydrogen) atoms. The number of aromatic nitrogens is 1. The number of aliphatic carboxylic acids is 1. The second-order valence-corrected chi connectivity index (χ2v) is 4.60. The SMILES string of the molecule is CC(CC(=O)O)Nc1nc2c(cc1C#N)CCC2. The average molecular weight is 245 g/mol. The minimum absolute atomic E-state index is 0.00360. The van der Waals surface area contributed by atoms with Gasteiger partial charge in [-0.1, -0.05) is 0 Å². The van der Waals surface area contributed by atoms with Crippen LogP contribution in [-0.2, 0) is 17.6 Å². The molecule has 0 amide bonds. The van der Waals surface area contributed by atoms with Gasteiger partial charge in [-0.3, -0.25) is 4.79 Å². The number of fused-ring (bicyclic) bond motifs is 1. The van der Waals surface area contributed by atoms with Gasteiger partial charge in [-0.15, -0.1) is 0 Å². The van der Waals surface area contributed by atoms with Crippen LogP contribution in [-0.4, -0.2) is 22.1 Å². The van der Waals surface area contributed by atoms with E-state index in [2.05, 4.69) is 16.4 Å². The summed E-state index contributed by atoms with van der Waals surface area (Å²) in [5, 5.41) is 20.8. The zero-order chi connectivity index (χ0) is 13.1. The number of pyridine rings is 1. The molecule has 2 rings (SSSR count). The fourth-order valence-corrected chi connectivity index (χ4v) is 2.21. The van der Waals surface area contributed by atoms with E-state index < -0.39 is 5.97 Å². The van der Waals surface area contributed by atoms with Gasteiger partial charge in [-0.25, -0.2) is 4.98 Å². The van der Waals surface area contributed by atoms with Crippen molar-refractivity contribution in [1.82, 2.24) is 4.98 Å². The van der Waals surface area contributed by atoms with Gasteiger partial charge >= 0.3 is 5.97 Å². The molecule has 0 saturated heterocycles. The van der Waals surface area contributed by atoms with E-state index in [0.29, 0.717) is 11.4 Å². The van der Waals surface area contributed by atoms with Gasteiger partial charge in [0.15, 0.2) is 0 Å². The lowest BCUT2D eigenvalue weighted by Crippen LogP contribution is -2.21. The standard InChI is InChI=1S/C13H15N3O2/c1-8(5-12(17)18)15-13-10(7-14)6-9-3-2-4-11(9)16-13/h6,8H,2-5H2,1H3,(H,15,16)(H,17,18). The van der Waals surface area contributed by atoms with Crippen LogP contribution in [0.2, 0.25) is 0 Å². The van der Waals surface area contributed by atoms with E-state index in [0.717, 1.165) is 30.5 Å². The molecule has 1 aromatic heterocycles. The molecule has 0 radical (unpaired) electrons. The molecule has 5 heteroatoms. The van der Waals surface area contributed by atoms with Crippen LogP contribution < -0.4 is 5.32 Å². The number of nitriles is 1. The molecule has 1 aliphatic carbocycles. The molecule has 1 unspecified atom stereocenters. The minimum Gasteiger partial charge on any atom is -0.481 e. The smallest absolute Gasteiger partial charge is 0.305 e. The second-order valence-electron chi connectivity index (χ2n) is 4.60. The zero-order valence-corrected chi connectivity index (χ0v) is 10.2. The largest absolute Gasteiger partial charge is 0.481 e. The Balaban J connectivity index is 2.22. The van der Waals surface area contributed by atoms with Gasteiger partial charge in [0.2, 0.25) is 0 Å². The second kappa shape index (κ2) is 5.05. The molecule has 2 N–H and O–H groups in total. The van der Waals surface area contributed by atoms with Gasteiger partial charge in [0.05, 0.1) is 12.0 Å². The summed E-state index contributed by atoms with van der Waals surface area (Å²) >= 11 is 0. The van der Waals surface area contributed by atoms with Gasteiger partial charge in [0, 0.05) is 11.7 Å². The Hall–Kier alpha value is -2.09. The maximum absolute atomic E-state index is 10.6. The highest BCUT2D eigenvalue weighted by atomic mass is 16.4. The Morgan fingerprint density at radius 1 is 1.67 bits per heavy atom. The third-order valence-corrected chi connectivity index (χ3v) is 3.04. The summed E-state index contributed by atoms with van der Waals surface area (Å²) in [6.07, 6.45) is 2.98. The van der Waals surface area contributed by atoms with Gasteiger partial charge < -0.3 is 10.4 Å². The summed E-state index contributed by atoms with van der Waals surface area (Å²) in [7, 11) is 0. The summed E-state index contributed by atoms with van der Waals surface area (Å²) in [6.45, 7) is 1.77. The predicted octanol–water partition coefficient (Wildman–Crippen LogP) is 1.72. The van der Waals surface area contributed by atoms with Crippen LogP contribution in [0.1, 0.15) is 36.6 Å². The lowest BCUT2D eigenvalue weighted by Gasteiger charge is -2.14. The molecule has 0 aromatic carbocycles. The van der Waals surface area contributed by atoms with E-state index >= 15 is 0 Å². The van der Waals surface area contributed by atoms with Crippen LogP contribution in [0.4, 0.5) is 5.82 Å². The number of nitrogens with one attached hydrogen (secondary N) is 1. The lowest BCUT2D eigenvalue weighted by atomic mass is 10.1. The molecule has 0 spiro atoms. The van der Waals surface area contributed by atoms with Crippen molar-refractivity contribution < 1.29 is 9.90 Å². The highest BCUT2D eigenvalue weighted by Gasteiger charge is 2.17. The van der Waals surface area contributed by atoms with Crippen molar-refractivity contribution in [1.29, 1.82) is 5.26 Å². The molecule has 1 aliphatic rings. The fourth-order valence-electron chi connectivity index (χ4n) is 2.21. The molecule has 0 bridgehead atoms. The third kappa shape index (κ3) is 2.59. The maximum atomic E-state index is 10.6. The van der Waals surface area contributed by atoms with E-state index in [-0.39, 0.29) is 12.5 Å². The first-order valence-corrected chi connectivity index (χ1v) is 6.01. The van der Waals surface area contributed by atoms with E-state index in [4.69, 9.17) is 10.4 Å².